The third-order valence-electron chi connectivity index (χ3n) is 3.31. The Morgan fingerprint density at radius 3 is 2.81 bits per heavy atom. The molecule has 2 heterocycles. The quantitative estimate of drug-likeness (QED) is 0.844. The van der Waals surface area contributed by atoms with E-state index in [-0.39, 0.29) is 0 Å². The van der Waals surface area contributed by atoms with Crippen molar-refractivity contribution < 1.29 is 9.15 Å². The second kappa shape index (κ2) is 4.55. The predicted molar refractivity (Wildman–Crippen MR) is 59.2 cm³/mol. The summed E-state index contributed by atoms with van der Waals surface area (Å²) in [5, 5.41) is 3.41. The van der Waals surface area contributed by atoms with Crippen molar-refractivity contribution in [2.45, 2.75) is 44.2 Å². The molecule has 0 atom stereocenters. The molecular formula is C12H18N2O2. The van der Waals surface area contributed by atoms with Gasteiger partial charge in [0.15, 0.2) is 0 Å². The highest BCUT2D eigenvalue weighted by Crippen LogP contribution is 2.27. The van der Waals surface area contributed by atoms with Gasteiger partial charge < -0.3 is 14.5 Å². The van der Waals surface area contributed by atoms with Crippen LogP contribution < -0.4 is 5.32 Å². The lowest BCUT2D eigenvalue weighted by Crippen LogP contribution is -2.15. The maximum atomic E-state index is 5.77. The van der Waals surface area contributed by atoms with Crippen molar-refractivity contribution in [1.29, 1.82) is 0 Å². The van der Waals surface area contributed by atoms with Gasteiger partial charge in [-0.3, -0.25) is 0 Å². The van der Waals surface area contributed by atoms with E-state index in [1.54, 1.807) is 0 Å². The van der Waals surface area contributed by atoms with Crippen molar-refractivity contribution >= 4 is 0 Å². The Morgan fingerprint density at radius 2 is 2.06 bits per heavy atom. The maximum absolute atomic E-state index is 5.77. The van der Waals surface area contributed by atoms with E-state index >= 15 is 0 Å². The molecule has 1 saturated heterocycles. The van der Waals surface area contributed by atoms with E-state index in [0.717, 1.165) is 44.3 Å². The van der Waals surface area contributed by atoms with Crippen LogP contribution in [-0.4, -0.2) is 24.2 Å². The first kappa shape index (κ1) is 10.3. The van der Waals surface area contributed by atoms with E-state index in [2.05, 4.69) is 10.3 Å². The summed E-state index contributed by atoms with van der Waals surface area (Å²) in [6.45, 7) is 2.47. The topological polar surface area (TPSA) is 47.3 Å². The molecule has 4 nitrogen and oxygen atoms in total. The molecule has 2 fully saturated rings. The van der Waals surface area contributed by atoms with Crippen LogP contribution >= 0.6 is 0 Å². The zero-order chi connectivity index (χ0) is 10.8. The maximum Gasteiger partial charge on any atom is 0.208 e. The number of oxazole rings is 1. The minimum absolute atomic E-state index is 0.510. The minimum atomic E-state index is 0.510. The highest BCUT2D eigenvalue weighted by Gasteiger charge is 2.22. The predicted octanol–water partition coefficient (Wildman–Crippen LogP) is 1.82. The van der Waals surface area contributed by atoms with E-state index in [0.29, 0.717) is 12.0 Å². The molecule has 4 heteroatoms. The summed E-state index contributed by atoms with van der Waals surface area (Å²) in [6.07, 6.45) is 6.61. The molecule has 3 rings (SSSR count). The molecule has 2 aliphatic rings. The van der Waals surface area contributed by atoms with Gasteiger partial charge in [0.2, 0.25) is 5.89 Å². The Labute approximate surface area is 95.4 Å². The molecule has 0 spiro atoms. The van der Waals surface area contributed by atoms with Crippen LogP contribution in [0.2, 0.25) is 0 Å². The summed E-state index contributed by atoms with van der Waals surface area (Å²) in [5.74, 6) is 2.38. The molecule has 16 heavy (non-hydrogen) atoms. The van der Waals surface area contributed by atoms with Gasteiger partial charge in [-0.15, -0.1) is 0 Å². The average Bonchev–Trinajstić information content (AvgIpc) is 3.05. The molecule has 0 amide bonds. The first-order chi connectivity index (χ1) is 7.92. The average molecular weight is 222 g/mol. The molecule has 0 aromatic carbocycles. The van der Waals surface area contributed by atoms with Crippen LogP contribution in [-0.2, 0) is 11.3 Å². The molecule has 1 aliphatic heterocycles. The summed E-state index contributed by atoms with van der Waals surface area (Å²) in [6, 6.07) is 0.707. The summed E-state index contributed by atoms with van der Waals surface area (Å²) < 4.78 is 11.1. The Kier molecular flexibility index (Phi) is 2.93. The normalized spacial score (nSPS) is 22.5. The summed E-state index contributed by atoms with van der Waals surface area (Å²) >= 11 is 0. The molecule has 88 valence electrons. The van der Waals surface area contributed by atoms with Crippen LogP contribution in [0.25, 0.3) is 0 Å². The van der Waals surface area contributed by atoms with Crippen LogP contribution in [0, 0.1) is 0 Å². The number of nitrogens with zero attached hydrogens (tertiary/aromatic N) is 1. The largest absolute Gasteiger partial charge is 0.444 e. The van der Waals surface area contributed by atoms with Crippen LogP contribution in [0.1, 0.15) is 43.3 Å². The van der Waals surface area contributed by atoms with Crippen molar-refractivity contribution in [3.8, 4) is 0 Å². The van der Waals surface area contributed by atoms with Crippen molar-refractivity contribution in [3.63, 3.8) is 0 Å². The Bertz CT molecular complexity index is 341. The highest BCUT2D eigenvalue weighted by molar-refractivity contribution is 5.03. The first-order valence-corrected chi connectivity index (χ1v) is 6.17. The van der Waals surface area contributed by atoms with Crippen LogP contribution in [0.4, 0.5) is 0 Å². The van der Waals surface area contributed by atoms with Gasteiger partial charge in [-0.2, -0.15) is 0 Å². The van der Waals surface area contributed by atoms with Gasteiger partial charge in [0.05, 0.1) is 12.7 Å². The van der Waals surface area contributed by atoms with Gasteiger partial charge in [0.25, 0.3) is 0 Å². The van der Waals surface area contributed by atoms with Crippen LogP contribution in [0.15, 0.2) is 10.6 Å². The van der Waals surface area contributed by atoms with Gasteiger partial charge in [-0.25, -0.2) is 4.98 Å². The Hall–Kier alpha value is -0.870. The molecule has 1 aromatic heterocycles. The van der Waals surface area contributed by atoms with Gasteiger partial charge in [0, 0.05) is 25.2 Å². The third-order valence-corrected chi connectivity index (χ3v) is 3.31. The van der Waals surface area contributed by atoms with Crippen LogP contribution in [0.5, 0.6) is 0 Å². The number of nitrogens with one attached hydrogen (secondary N) is 1. The molecule has 1 aliphatic carbocycles. The van der Waals surface area contributed by atoms with Crippen molar-refractivity contribution in [1.82, 2.24) is 10.3 Å². The monoisotopic (exact) mass is 222 g/mol. The smallest absolute Gasteiger partial charge is 0.208 e. The lowest BCUT2D eigenvalue weighted by atomic mass is 9.98. The number of rotatable bonds is 4. The highest BCUT2D eigenvalue weighted by atomic mass is 16.5. The second-order valence-corrected chi connectivity index (χ2v) is 4.70. The van der Waals surface area contributed by atoms with E-state index in [9.17, 15) is 0 Å². The fraction of sp³-hybridized carbons (Fsp3) is 0.750. The van der Waals surface area contributed by atoms with E-state index < -0.39 is 0 Å². The zero-order valence-corrected chi connectivity index (χ0v) is 9.45. The Morgan fingerprint density at radius 1 is 1.25 bits per heavy atom. The Balaban J connectivity index is 1.57. The molecule has 1 N–H and O–H groups in total. The minimum Gasteiger partial charge on any atom is -0.444 e. The van der Waals surface area contributed by atoms with Gasteiger partial charge >= 0.3 is 0 Å². The van der Waals surface area contributed by atoms with Gasteiger partial charge in [0.1, 0.15) is 5.76 Å². The third kappa shape index (κ3) is 2.44. The van der Waals surface area contributed by atoms with E-state index in [1.807, 2.05) is 6.20 Å². The fourth-order valence-corrected chi connectivity index (χ4v) is 2.10. The second-order valence-electron chi connectivity index (χ2n) is 4.70. The SMILES string of the molecule is c1nc(CNC2CC2)oc1C1CCOCC1. The van der Waals surface area contributed by atoms with E-state index in [1.165, 1.54) is 12.8 Å². The lowest BCUT2D eigenvalue weighted by molar-refractivity contribution is 0.0803. The number of aromatic nitrogens is 1. The van der Waals surface area contributed by atoms with Crippen molar-refractivity contribution in [3.05, 3.63) is 17.8 Å². The van der Waals surface area contributed by atoms with Gasteiger partial charge in [-0.05, 0) is 25.7 Å². The lowest BCUT2D eigenvalue weighted by Gasteiger charge is -2.19. The number of ether oxygens (including phenoxy) is 1. The van der Waals surface area contributed by atoms with E-state index in [4.69, 9.17) is 9.15 Å². The first-order valence-electron chi connectivity index (χ1n) is 6.17. The summed E-state index contributed by atoms with van der Waals surface area (Å²) in [7, 11) is 0. The molecule has 0 unspecified atom stereocenters. The van der Waals surface area contributed by atoms with Crippen molar-refractivity contribution in [2.75, 3.05) is 13.2 Å². The van der Waals surface area contributed by atoms with Crippen molar-refractivity contribution in [2.24, 2.45) is 0 Å². The summed E-state index contributed by atoms with van der Waals surface area (Å²) in [5.41, 5.74) is 0. The molecule has 1 saturated carbocycles. The summed E-state index contributed by atoms with van der Waals surface area (Å²) in [4.78, 5) is 4.32. The molecule has 0 bridgehead atoms. The number of hydrogen-bond donors (Lipinski definition) is 1. The molecule has 0 radical (unpaired) electrons. The molecule has 1 aromatic rings. The standard InChI is InChI=1S/C12H18N2O2/c1-2-10(1)13-8-12-14-7-11(16-12)9-3-5-15-6-4-9/h7,9-10,13H,1-6,8H2. The fourth-order valence-electron chi connectivity index (χ4n) is 2.10. The van der Waals surface area contributed by atoms with Crippen LogP contribution in [0.3, 0.4) is 0 Å². The number of hydrogen-bond acceptors (Lipinski definition) is 4. The zero-order valence-electron chi connectivity index (χ0n) is 9.45. The molecular weight excluding hydrogens is 204 g/mol. The van der Waals surface area contributed by atoms with Gasteiger partial charge in [-0.1, -0.05) is 0 Å².